The monoisotopic (exact) mass is 240 g/mol. The molecule has 2 fully saturated rings. The summed E-state index contributed by atoms with van der Waals surface area (Å²) >= 11 is 0. The van der Waals surface area contributed by atoms with Gasteiger partial charge in [0, 0.05) is 26.1 Å². The molecule has 6 nitrogen and oxygen atoms in total. The minimum absolute atomic E-state index is 0.0264. The van der Waals surface area contributed by atoms with Crippen LogP contribution in [0.25, 0.3) is 0 Å². The summed E-state index contributed by atoms with van der Waals surface area (Å²) in [5, 5.41) is 11.6. The Labute approximate surface area is 99.0 Å². The van der Waals surface area contributed by atoms with Gasteiger partial charge in [-0.3, -0.25) is 14.4 Å². The second-order valence-corrected chi connectivity index (χ2v) is 4.87. The highest BCUT2D eigenvalue weighted by atomic mass is 16.4. The van der Waals surface area contributed by atoms with Gasteiger partial charge in [-0.25, -0.2) is 0 Å². The molecular weight excluding hydrogens is 224 g/mol. The van der Waals surface area contributed by atoms with Gasteiger partial charge < -0.3 is 15.3 Å². The van der Waals surface area contributed by atoms with E-state index >= 15 is 0 Å². The van der Waals surface area contributed by atoms with Gasteiger partial charge in [0.1, 0.15) is 0 Å². The van der Waals surface area contributed by atoms with E-state index in [4.69, 9.17) is 5.11 Å². The van der Waals surface area contributed by atoms with E-state index in [0.717, 1.165) is 0 Å². The molecular formula is C11H16N2O4. The van der Waals surface area contributed by atoms with Gasteiger partial charge in [-0.15, -0.1) is 0 Å². The molecule has 6 heteroatoms. The van der Waals surface area contributed by atoms with Crippen molar-refractivity contribution in [2.75, 3.05) is 19.6 Å². The van der Waals surface area contributed by atoms with Crippen LogP contribution in [0.3, 0.4) is 0 Å². The zero-order valence-corrected chi connectivity index (χ0v) is 9.68. The summed E-state index contributed by atoms with van der Waals surface area (Å²) in [7, 11) is 0. The first-order valence-electron chi connectivity index (χ1n) is 5.77. The molecule has 2 amide bonds. The van der Waals surface area contributed by atoms with Crippen LogP contribution in [-0.2, 0) is 14.4 Å². The highest BCUT2D eigenvalue weighted by molar-refractivity contribution is 5.89. The van der Waals surface area contributed by atoms with Crippen molar-refractivity contribution in [3.8, 4) is 0 Å². The molecule has 2 aliphatic rings. The fourth-order valence-corrected chi connectivity index (χ4v) is 2.51. The summed E-state index contributed by atoms with van der Waals surface area (Å²) in [6, 6.07) is 0. The van der Waals surface area contributed by atoms with E-state index in [1.54, 1.807) is 4.90 Å². The summed E-state index contributed by atoms with van der Waals surface area (Å²) in [6.45, 7) is 2.95. The Morgan fingerprint density at radius 1 is 1.41 bits per heavy atom. The summed E-state index contributed by atoms with van der Waals surface area (Å²) < 4.78 is 0. The maximum absolute atomic E-state index is 12.0. The quantitative estimate of drug-likeness (QED) is 0.668. The number of nitrogens with one attached hydrogen (secondary N) is 1. The standard InChI is InChI=1S/C11H16N2O4/c1-6-4-13(5-8(6)11(16)17)10(15)7-2-9(14)12-3-7/h6-8H,2-5H2,1H3,(H,12,14)(H,16,17). The van der Waals surface area contributed by atoms with Crippen LogP contribution in [-0.4, -0.2) is 47.4 Å². The van der Waals surface area contributed by atoms with Crippen molar-refractivity contribution in [3.05, 3.63) is 0 Å². The average molecular weight is 240 g/mol. The molecule has 0 bridgehead atoms. The molecule has 0 aromatic rings. The van der Waals surface area contributed by atoms with Gasteiger partial charge in [0.2, 0.25) is 11.8 Å². The van der Waals surface area contributed by atoms with E-state index in [2.05, 4.69) is 5.32 Å². The Morgan fingerprint density at radius 3 is 2.59 bits per heavy atom. The molecule has 0 radical (unpaired) electrons. The molecule has 0 aliphatic carbocycles. The van der Waals surface area contributed by atoms with E-state index in [1.165, 1.54) is 0 Å². The maximum atomic E-state index is 12.0. The molecule has 0 aromatic carbocycles. The largest absolute Gasteiger partial charge is 0.481 e. The Bertz CT molecular complexity index is 368. The molecule has 2 N–H and O–H groups in total. The van der Waals surface area contributed by atoms with Crippen LogP contribution >= 0.6 is 0 Å². The van der Waals surface area contributed by atoms with Crippen molar-refractivity contribution in [2.45, 2.75) is 13.3 Å². The first-order chi connectivity index (χ1) is 7.99. The highest BCUT2D eigenvalue weighted by Crippen LogP contribution is 2.25. The van der Waals surface area contributed by atoms with Crippen LogP contribution in [0.15, 0.2) is 0 Å². The van der Waals surface area contributed by atoms with Crippen LogP contribution in [0.1, 0.15) is 13.3 Å². The minimum Gasteiger partial charge on any atom is -0.481 e. The molecule has 0 spiro atoms. The van der Waals surface area contributed by atoms with Crippen molar-refractivity contribution < 1.29 is 19.5 Å². The number of nitrogens with zero attached hydrogens (tertiary/aromatic N) is 1. The highest BCUT2D eigenvalue weighted by Gasteiger charge is 2.40. The van der Waals surface area contributed by atoms with Crippen LogP contribution in [0.2, 0.25) is 0 Å². The molecule has 17 heavy (non-hydrogen) atoms. The lowest BCUT2D eigenvalue weighted by Crippen LogP contribution is -2.36. The second kappa shape index (κ2) is 4.35. The summed E-state index contributed by atoms with van der Waals surface area (Å²) in [5.74, 6) is -1.88. The predicted octanol–water partition coefficient (Wildman–Crippen LogP) is -0.698. The van der Waals surface area contributed by atoms with E-state index in [9.17, 15) is 14.4 Å². The lowest BCUT2D eigenvalue weighted by molar-refractivity contribution is -0.142. The van der Waals surface area contributed by atoms with Gasteiger partial charge in [0.15, 0.2) is 0 Å². The molecule has 94 valence electrons. The number of aliphatic carboxylic acids is 1. The van der Waals surface area contributed by atoms with Gasteiger partial charge in [-0.05, 0) is 5.92 Å². The lowest BCUT2D eigenvalue weighted by Gasteiger charge is -2.19. The number of carboxylic acid groups (broad SMARTS) is 1. The van der Waals surface area contributed by atoms with E-state index < -0.39 is 11.9 Å². The van der Waals surface area contributed by atoms with Gasteiger partial charge in [-0.2, -0.15) is 0 Å². The smallest absolute Gasteiger partial charge is 0.308 e. The third kappa shape index (κ3) is 2.25. The number of rotatable bonds is 2. The van der Waals surface area contributed by atoms with Gasteiger partial charge >= 0.3 is 5.97 Å². The second-order valence-electron chi connectivity index (χ2n) is 4.87. The van der Waals surface area contributed by atoms with E-state index in [0.29, 0.717) is 13.1 Å². The Hall–Kier alpha value is -1.59. The zero-order valence-electron chi connectivity index (χ0n) is 9.68. The van der Waals surface area contributed by atoms with Gasteiger partial charge in [-0.1, -0.05) is 6.92 Å². The van der Waals surface area contributed by atoms with E-state index in [1.807, 2.05) is 6.92 Å². The first kappa shape index (κ1) is 11.9. The summed E-state index contributed by atoms with van der Waals surface area (Å²) in [5.41, 5.74) is 0. The van der Waals surface area contributed by atoms with Gasteiger partial charge in [0.05, 0.1) is 11.8 Å². The zero-order chi connectivity index (χ0) is 12.6. The third-order valence-corrected chi connectivity index (χ3v) is 3.57. The number of hydrogen-bond donors (Lipinski definition) is 2. The fourth-order valence-electron chi connectivity index (χ4n) is 2.51. The molecule has 2 rings (SSSR count). The van der Waals surface area contributed by atoms with Gasteiger partial charge in [0.25, 0.3) is 0 Å². The normalized spacial score (nSPS) is 32.6. The van der Waals surface area contributed by atoms with Crippen molar-refractivity contribution in [1.82, 2.24) is 10.2 Å². The third-order valence-electron chi connectivity index (χ3n) is 3.57. The van der Waals surface area contributed by atoms with Crippen molar-refractivity contribution in [2.24, 2.45) is 17.8 Å². The topological polar surface area (TPSA) is 86.7 Å². The van der Waals surface area contributed by atoms with Crippen LogP contribution in [0.4, 0.5) is 0 Å². The maximum Gasteiger partial charge on any atom is 0.308 e. The number of hydrogen-bond acceptors (Lipinski definition) is 3. The fraction of sp³-hybridized carbons (Fsp3) is 0.727. The Morgan fingerprint density at radius 2 is 2.12 bits per heavy atom. The molecule has 3 unspecified atom stereocenters. The van der Waals surface area contributed by atoms with Crippen LogP contribution in [0, 0.1) is 17.8 Å². The molecule has 2 saturated heterocycles. The SMILES string of the molecule is CC1CN(C(=O)C2CNC(=O)C2)CC1C(=O)O. The number of carboxylic acids is 1. The van der Waals surface area contributed by atoms with E-state index in [-0.39, 0.29) is 36.6 Å². The van der Waals surface area contributed by atoms with Crippen LogP contribution < -0.4 is 5.32 Å². The summed E-state index contributed by atoms with van der Waals surface area (Å²) in [6.07, 6.45) is 0.224. The Balaban J connectivity index is 1.98. The molecule has 0 aromatic heterocycles. The van der Waals surface area contributed by atoms with Crippen molar-refractivity contribution in [1.29, 1.82) is 0 Å². The predicted molar refractivity (Wildman–Crippen MR) is 58.0 cm³/mol. The van der Waals surface area contributed by atoms with Crippen molar-refractivity contribution in [3.63, 3.8) is 0 Å². The van der Waals surface area contributed by atoms with Crippen molar-refractivity contribution >= 4 is 17.8 Å². The minimum atomic E-state index is -0.853. The number of amides is 2. The molecule has 2 heterocycles. The molecule has 0 saturated carbocycles. The Kier molecular flexibility index (Phi) is 3.04. The molecule has 3 atom stereocenters. The summed E-state index contributed by atoms with van der Waals surface area (Å²) in [4.78, 5) is 35.6. The van der Waals surface area contributed by atoms with Crippen LogP contribution in [0.5, 0.6) is 0 Å². The average Bonchev–Trinajstić information content (AvgIpc) is 2.83. The number of carbonyl (C=O) groups is 3. The first-order valence-corrected chi connectivity index (χ1v) is 5.77. The number of likely N-dealkylation sites (tertiary alicyclic amines) is 1. The molecule has 2 aliphatic heterocycles. The lowest BCUT2D eigenvalue weighted by atomic mass is 9.99. The number of carbonyl (C=O) groups excluding carboxylic acids is 2.